The van der Waals surface area contributed by atoms with Gasteiger partial charge in [0.05, 0.1) is 5.92 Å². The minimum absolute atomic E-state index is 0.0184. The minimum Gasteiger partial charge on any atom is -0.512 e. The van der Waals surface area contributed by atoms with E-state index < -0.39 is 11.8 Å². The molecular formula is C27H30O4. The lowest BCUT2D eigenvalue weighted by atomic mass is 9.62. The van der Waals surface area contributed by atoms with Crippen LogP contribution in [0, 0.1) is 16.7 Å². The maximum absolute atomic E-state index is 13.2. The second-order valence-electron chi connectivity index (χ2n) is 10.8. The molecule has 0 aliphatic heterocycles. The first-order valence-electron chi connectivity index (χ1n) is 11.0. The van der Waals surface area contributed by atoms with Crippen LogP contribution in [0.4, 0.5) is 0 Å². The second-order valence-corrected chi connectivity index (χ2v) is 10.8. The molecule has 0 saturated heterocycles. The molecule has 2 aliphatic carbocycles. The molecule has 1 fully saturated rings. The largest absolute Gasteiger partial charge is 0.512 e. The van der Waals surface area contributed by atoms with Crippen LogP contribution in [0.5, 0.6) is 0 Å². The molecule has 0 amide bonds. The van der Waals surface area contributed by atoms with Crippen LogP contribution in [0.1, 0.15) is 64.9 Å². The molecule has 2 aromatic rings. The fourth-order valence-corrected chi connectivity index (χ4v) is 5.36. The molecule has 0 aromatic heterocycles. The Morgan fingerprint density at radius 3 is 2.00 bits per heavy atom. The number of carbonyl (C=O) groups excluding carboxylic acids is 3. The topological polar surface area (TPSA) is 71.4 Å². The van der Waals surface area contributed by atoms with Gasteiger partial charge in [0.25, 0.3) is 0 Å². The van der Waals surface area contributed by atoms with Crippen molar-refractivity contribution in [1.29, 1.82) is 0 Å². The van der Waals surface area contributed by atoms with Crippen molar-refractivity contribution in [2.45, 2.75) is 59.3 Å². The number of allylic oxidation sites excluding steroid dienone is 2. The first kappa shape index (κ1) is 21.5. The van der Waals surface area contributed by atoms with E-state index in [1.807, 2.05) is 70.2 Å². The standard InChI is InChI=1S/C27H30O4/c1-26(2)12-19(28)24(20(29)13-26)23(25-21(30)14-27(3,4)15-22(25)31)18-10-9-16-7-5-6-8-17(16)11-18/h5-11,23-24,30H,12-15H2,1-4H3. The average Bonchev–Trinajstić information content (AvgIpc) is 2.63. The van der Waals surface area contributed by atoms with E-state index in [0.717, 1.165) is 16.3 Å². The number of benzene rings is 2. The first-order valence-corrected chi connectivity index (χ1v) is 11.0. The van der Waals surface area contributed by atoms with Crippen molar-refractivity contribution in [3.63, 3.8) is 0 Å². The van der Waals surface area contributed by atoms with Crippen molar-refractivity contribution < 1.29 is 19.5 Å². The van der Waals surface area contributed by atoms with E-state index in [-0.39, 0.29) is 45.9 Å². The Bertz CT molecular complexity index is 1100. The predicted octanol–water partition coefficient (Wildman–Crippen LogP) is 5.70. The van der Waals surface area contributed by atoms with Crippen molar-refractivity contribution in [1.82, 2.24) is 0 Å². The number of aliphatic hydroxyl groups excluding tert-OH is 1. The third kappa shape index (κ3) is 4.08. The highest BCUT2D eigenvalue weighted by atomic mass is 16.3. The zero-order valence-electron chi connectivity index (χ0n) is 18.7. The number of ketones is 3. The lowest BCUT2D eigenvalue weighted by Crippen LogP contribution is -2.43. The molecule has 0 spiro atoms. The average molecular weight is 419 g/mol. The van der Waals surface area contributed by atoms with E-state index >= 15 is 0 Å². The number of hydrogen-bond acceptors (Lipinski definition) is 4. The lowest BCUT2D eigenvalue weighted by molar-refractivity contribution is -0.140. The molecule has 2 aliphatic rings. The molecular weight excluding hydrogens is 388 g/mol. The van der Waals surface area contributed by atoms with Gasteiger partial charge in [0.1, 0.15) is 17.3 Å². The molecule has 0 radical (unpaired) electrons. The van der Waals surface area contributed by atoms with E-state index in [2.05, 4.69) is 0 Å². The molecule has 31 heavy (non-hydrogen) atoms. The molecule has 4 heteroatoms. The van der Waals surface area contributed by atoms with Crippen molar-refractivity contribution >= 4 is 28.1 Å². The summed E-state index contributed by atoms with van der Waals surface area (Å²) in [6, 6.07) is 13.7. The maximum atomic E-state index is 13.2. The second kappa shape index (κ2) is 7.44. The first-order chi connectivity index (χ1) is 14.5. The molecule has 162 valence electrons. The molecule has 0 bridgehead atoms. The predicted molar refractivity (Wildman–Crippen MR) is 121 cm³/mol. The number of Topliss-reactive ketones (excluding diaryl/α,β-unsaturated/α-hetero) is 3. The lowest BCUT2D eigenvalue weighted by Gasteiger charge is -2.39. The Labute approximate surface area is 183 Å². The molecule has 1 saturated carbocycles. The summed E-state index contributed by atoms with van der Waals surface area (Å²) in [5, 5.41) is 13.0. The van der Waals surface area contributed by atoms with Gasteiger partial charge < -0.3 is 5.11 Å². The smallest absolute Gasteiger partial charge is 0.163 e. The zero-order valence-corrected chi connectivity index (χ0v) is 18.7. The summed E-state index contributed by atoms with van der Waals surface area (Å²) < 4.78 is 0. The van der Waals surface area contributed by atoms with E-state index in [1.165, 1.54) is 0 Å². The van der Waals surface area contributed by atoms with E-state index in [9.17, 15) is 19.5 Å². The summed E-state index contributed by atoms with van der Waals surface area (Å²) in [6.07, 6.45) is 1.23. The van der Waals surface area contributed by atoms with Crippen molar-refractivity contribution in [3.05, 3.63) is 59.4 Å². The van der Waals surface area contributed by atoms with Gasteiger partial charge in [-0.05, 0) is 27.2 Å². The Kier molecular flexibility index (Phi) is 5.15. The van der Waals surface area contributed by atoms with Crippen LogP contribution < -0.4 is 0 Å². The van der Waals surface area contributed by atoms with Crippen LogP contribution in [0.15, 0.2) is 53.8 Å². The van der Waals surface area contributed by atoms with Gasteiger partial charge in [0, 0.05) is 37.2 Å². The molecule has 1 N–H and O–H groups in total. The normalized spacial score (nSPS) is 22.8. The minimum atomic E-state index is -0.934. The van der Waals surface area contributed by atoms with Crippen LogP contribution in [0.25, 0.3) is 10.8 Å². The van der Waals surface area contributed by atoms with E-state index in [4.69, 9.17) is 0 Å². The zero-order chi connectivity index (χ0) is 22.6. The van der Waals surface area contributed by atoms with Crippen molar-refractivity contribution in [2.75, 3.05) is 0 Å². The van der Waals surface area contributed by atoms with Crippen LogP contribution in [0.2, 0.25) is 0 Å². The molecule has 4 rings (SSSR count). The third-order valence-electron chi connectivity index (χ3n) is 6.67. The van der Waals surface area contributed by atoms with Crippen LogP contribution in [0.3, 0.4) is 0 Å². The molecule has 1 atom stereocenters. The van der Waals surface area contributed by atoms with Gasteiger partial charge in [0.2, 0.25) is 0 Å². The highest BCUT2D eigenvalue weighted by Crippen LogP contribution is 2.47. The highest BCUT2D eigenvalue weighted by Gasteiger charge is 2.48. The monoisotopic (exact) mass is 418 g/mol. The van der Waals surface area contributed by atoms with E-state index in [1.54, 1.807) is 0 Å². The summed E-state index contributed by atoms with van der Waals surface area (Å²) in [7, 11) is 0. The number of rotatable bonds is 3. The van der Waals surface area contributed by atoms with Crippen LogP contribution in [-0.2, 0) is 14.4 Å². The SMILES string of the molecule is CC1(C)CC(=O)C(C(C2=C(O)CC(C)(C)CC2=O)c2ccc3ccccc3c2)C(=O)C1. The van der Waals surface area contributed by atoms with Crippen molar-refractivity contribution in [2.24, 2.45) is 16.7 Å². The molecule has 2 aromatic carbocycles. The summed E-state index contributed by atoms with van der Waals surface area (Å²) in [5.74, 6) is -2.11. The van der Waals surface area contributed by atoms with Crippen LogP contribution >= 0.6 is 0 Å². The number of fused-ring (bicyclic) bond motifs is 1. The Balaban J connectivity index is 1.90. The number of carbonyl (C=O) groups is 3. The summed E-state index contributed by atoms with van der Waals surface area (Å²) in [4.78, 5) is 39.7. The Morgan fingerprint density at radius 1 is 0.806 bits per heavy atom. The Morgan fingerprint density at radius 2 is 1.39 bits per heavy atom. The van der Waals surface area contributed by atoms with Crippen LogP contribution in [-0.4, -0.2) is 22.5 Å². The van der Waals surface area contributed by atoms with Gasteiger partial charge in [-0.2, -0.15) is 0 Å². The van der Waals surface area contributed by atoms with E-state index in [0.29, 0.717) is 19.3 Å². The highest BCUT2D eigenvalue weighted by molar-refractivity contribution is 6.09. The van der Waals surface area contributed by atoms with Crippen molar-refractivity contribution in [3.8, 4) is 0 Å². The quantitative estimate of drug-likeness (QED) is 0.649. The van der Waals surface area contributed by atoms with Gasteiger partial charge in [-0.3, -0.25) is 14.4 Å². The maximum Gasteiger partial charge on any atom is 0.163 e. The fraction of sp³-hybridized carbons (Fsp3) is 0.444. The van der Waals surface area contributed by atoms with Gasteiger partial charge in [0.15, 0.2) is 5.78 Å². The molecule has 1 unspecified atom stereocenters. The third-order valence-corrected chi connectivity index (χ3v) is 6.67. The van der Waals surface area contributed by atoms with Gasteiger partial charge in [-0.25, -0.2) is 0 Å². The Hall–Kier alpha value is -2.75. The summed E-state index contributed by atoms with van der Waals surface area (Å²) in [6.45, 7) is 7.74. The summed E-state index contributed by atoms with van der Waals surface area (Å²) in [5.41, 5.74) is 0.259. The number of aliphatic hydroxyl groups is 1. The number of hydrogen-bond donors (Lipinski definition) is 1. The molecule has 0 heterocycles. The molecule has 4 nitrogen and oxygen atoms in total. The van der Waals surface area contributed by atoms with Gasteiger partial charge in [-0.15, -0.1) is 0 Å². The van der Waals surface area contributed by atoms with Gasteiger partial charge >= 0.3 is 0 Å². The fourth-order valence-electron chi connectivity index (χ4n) is 5.36. The summed E-state index contributed by atoms with van der Waals surface area (Å²) >= 11 is 0. The van der Waals surface area contributed by atoms with Gasteiger partial charge in [-0.1, -0.05) is 70.2 Å².